The van der Waals surface area contributed by atoms with E-state index in [2.05, 4.69) is 13.8 Å². The van der Waals surface area contributed by atoms with Crippen LogP contribution in [0.5, 0.6) is 0 Å². The molecule has 1 rings (SSSR count). The van der Waals surface area contributed by atoms with Crippen molar-refractivity contribution in [2.24, 2.45) is 11.7 Å². The summed E-state index contributed by atoms with van der Waals surface area (Å²) in [5, 5.41) is 0. The molecule has 0 aliphatic heterocycles. The second-order valence-corrected chi connectivity index (χ2v) is 4.94. The first-order valence-corrected chi connectivity index (χ1v) is 6.63. The molecule has 3 nitrogen and oxygen atoms in total. The van der Waals surface area contributed by atoms with Crippen molar-refractivity contribution >= 4 is 5.91 Å². The Hall–Kier alpha value is -1.35. The Kier molecular flexibility index (Phi) is 5.86. The molecule has 1 aromatic rings. The number of hydrogen-bond acceptors (Lipinski definition) is 2. The number of carbonyl (C=O) groups is 1. The zero-order valence-corrected chi connectivity index (χ0v) is 11.6. The molecule has 0 saturated carbocycles. The number of carbonyl (C=O) groups excluding carboxylic acids is 1. The molecule has 1 atom stereocenters. The summed E-state index contributed by atoms with van der Waals surface area (Å²) >= 11 is 0. The van der Waals surface area contributed by atoms with Gasteiger partial charge in [0.2, 0.25) is 0 Å². The lowest BCUT2D eigenvalue weighted by Crippen LogP contribution is -2.30. The number of nitrogens with zero attached hydrogens (tertiary/aromatic N) is 1. The molecule has 18 heavy (non-hydrogen) atoms. The van der Waals surface area contributed by atoms with Crippen molar-refractivity contribution in [3.05, 3.63) is 35.4 Å². The second kappa shape index (κ2) is 7.17. The van der Waals surface area contributed by atoms with Crippen molar-refractivity contribution in [1.82, 2.24) is 4.90 Å². The minimum absolute atomic E-state index is 0.0918. The zero-order valence-electron chi connectivity index (χ0n) is 11.6. The van der Waals surface area contributed by atoms with Crippen LogP contribution in [0.15, 0.2) is 24.3 Å². The van der Waals surface area contributed by atoms with Gasteiger partial charge in [0.15, 0.2) is 0 Å². The average Bonchev–Trinajstić information content (AvgIpc) is 2.38. The van der Waals surface area contributed by atoms with E-state index in [1.165, 1.54) is 0 Å². The van der Waals surface area contributed by atoms with Gasteiger partial charge in [-0.1, -0.05) is 32.4 Å². The Balaban J connectivity index is 2.73. The molecule has 0 bridgehead atoms. The fourth-order valence-electron chi connectivity index (χ4n) is 1.93. The van der Waals surface area contributed by atoms with Crippen LogP contribution >= 0.6 is 0 Å². The first-order valence-electron chi connectivity index (χ1n) is 6.63. The molecule has 3 heteroatoms. The molecular weight excluding hydrogens is 224 g/mol. The third kappa shape index (κ3) is 4.15. The highest BCUT2D eigenvalue weighted by Gasteiger charge is 2.13. The number of rotatable bonds is 6. The lowest BCUT2D eigenvalue weighted by atomic mass is 10.1. The van der Waals surface area contributed by atoms with E-state index < -0.39 is 0 Å². The lowest BCUT2D eigenvalue weighted by Gasteiger charge is -2.21. The summed E-state index contributed by atoms with van der Waals surface area (Å²) < 4.78 is 0. The minimum Gasteiger partial charge on any atom is -0.341 e. The summed E-state index contributed by atoms with van der Waals surface area (Å²) in [5.41, 5.74) is 7.42. The predicted octanol–water partition coefficient (Wildman–Crippen LogP) is 2.31. The van der Waals surface area contributed by atoms with Crippen molar-refractivity contribution in [2.75, 3.05) is 20.1 Å². The first kappa shape index (κ1) is 14.7. The van der Waals surface area contributed by atoms with Gasteiger partial charge in [0.25, 0.3) is 5.91 Å². The smallest absolute Gasteiger partial charge is 0.253 e. The van der Waals surface area contributed by atoms with E-state index in [0.717, 1.165) is 30.5 Å². The summed E-state index contributed by atoms with van der Waals surface area (Å²) in [6.45, 7) is 5.72. The quantitative estimate of drug-likeness (QED) is 0.839. The third-order valence-electron chi connectivity index (χ3n) is 3.24. The fraction of sp³-hybridized carbons (Fsp3) is 0.533. The molecule has 2 N–H and O–H groups in total. The van der Waals surface area contributed by atoms with Crippen LogP contribution in [-0.2, 0) is 6.42 Å². The summed E-state index contributed by atoms with van der Waals surface area (Å²) in [5.74, 6) is 0.625. The Morgan fingerprint density at radius 2 is 2.17 bits per heavy atom. The van der Waals surface area contributed by atoms with E-state index in [1.807, 2.05) is 31.3 Å². The van der Waals surface area contributed by atoms with E-state index in [9.17, 15) is 4.79 Å². The van der Waals surface area contributed by atoms with E-state index in [1.54, 1.807) is 4.90 Å². The Morgan fingerprint density at radius 1 is 1.44 bits per heavy atom. The van der Waals surface area contributed by atoms with E-state index in [-0.39, 0.29) is 5.91 Å². The Morgan fingerprint density at radius 3 is 2.78 bits per heavy atom. The Bertz CT molecular complexity index is 390. The molecule has 0 aliphatic carbocycles. The van der Waals surface area contributed by atoms with Gasteiger partial charge >= 0.3 is 0 Å². The van der Waals surface area contributed by atoms with Gasteiger partial charge < -0.3 is 10.6 Å². The van der Waals surface area contributed by atoms with Crippen LogP contribution in [0.4, 0.5) is 0 Å². The maximum atomic E-state index is 12.2. The van der Waals surface area contributed by atoms with Gasteiger partial charge in [0, 0.05) is 19.2 Å². The number of hydrogen-bond donors (Lipinski definition) is 1. The van der Waals surface area contributed by atoms with Gasteiger partial charge in [-0.2, -0.15) is 0 Å². The van der Waals surface area contributed by atoms with Gasteiger partial charge in [0.1, 0.15) is 0 Å². The van der Waals surface area contributed by atoms with Crippen LogP contribution in [-0.4, -0.2) is 30.9 Å². The van der Waals surface area contributed by atoms with Crippen LogP contribution in [0.1, 0.15) is 36.2 Å². The molecule has 0 fully saturated rings. The number of benzene rings is 1. The van der Waals surface area contributed by atoms with E-state index >= 15 is 0 Å². The van der Waals surface area contributed by atoms with Crippen molar-refractivity contribution in [3.8, 4) is 0 Å². The van der Waals surface area contributed by atoms with Gasteiger partial charge in [0.05, 0.1) is 0 Å². The number of nitrogens with two attached hydrogens (primary N) is 1. The zero-order chi connectivity index (χ0) is 13.5. The third-order valence-corrected chi connectivity index (χ3v) is 3.24. The SMILES string of the molecule is CCC(C)CN(C)C(=O)c1cccc(CCN)c1. The van der Waals surface area contributed by atoms with Crippen molar-refractivity contribution < 1.29 is 4.79 Å². The molecule has 0 aromatic heterocycles. The van der Waals surface area contributed by atoms with Gasteiger partial charge in [-0.25, -0.2) is 0 Å². The Labute approximate surface area is 110 Å². The summed E-state index contributed by atoms with van der Waals surface area (Å²) in [6, 6.07) is 7.76. The van der Waals surface area contributed by atoms with Crippen LogP contribution in [0.3, 0.4) is 0 Å². The first-order chi connectivity index (χ1) is 8.58. The van der Waals surface area contributed by atoms with Gasteiger partial charge in [-0.3, -0.25) is 4.79 Å². The number of amides is 1. The van der Waals surface area contributed by atoms with Crippen molar-refractivity contribution in [2.45, 2.75) is 26.7 Å². The highest BCUT2D eigenvalue weighted by molar-refractivity contribution is 5.94. The van der Waals surface area contributed by atoms with Crippen molar-refractivity contribution in [3.63, 3.8) is 0 Å². The standard InChI is InChI=1S/C15H24N2O/c1-4-12(2)11-17(3)15(18)14-7-5-6-13(10-14)8-9-16/h5-7,10,12H,4,8-9,11,16H2,1-3H3. The molecule has 0 heterocycles. The van der Waals surface area contributed by atoms with Crippen LogP contribution in [0, 0.1) is 5.92 Å². The molecule has 100 valence electrons. The molecule has 1 amide bonds. The molecule has 0 spiro atoms. The lowest BCUT2D eigenvalue weighted by molar-refractivity contribution is 0.0775. The molecule has 0 saturated heterocycles. The average molecular weight is 248 g/mol. The monoisotopic (exact) mass is 248 g/mol. The minimum atomic E-state index is 0.0918. The van der Waals surface area contributed by atoms with Crippen LogP contribution < -0.4 is 5.73 Å². The van der Waals surface area contributed by atoms with Crippen molar-refractivity contribution in [1.29, 1.82) is 0 Å². The highest BCUT2D eigenvalue weighted by atomic mass is 16.2. The molecule has 1 aromatic carbocycles. The maximum Gasteiger partial charge on any atom is 0.253 e. The largest absolute Gasteiger partial charge is 0.341 e. The summed E-state index contributed by atoms with van der Waals surface area (Å²) in [7, 11) is 1.87. The summed E-state index contributed by atoms with van der Waals surface area (Å²) in [4.78, 5) is 14.0. The predicted molar refractivity (Wildman–Crippen MR) is 75.6 cm³/mol. The maximum absolute atomic E-state index is 12.2. The normalized spacial score (nSPS) is 12.2. The van der Waals surface area contributed by atoms with Crippen LogP contribution in [0.25, 0.3) is 0 Å². The van der Waals surface area contributed by atoms with Gasteiger partial charge in [-0.15, -0.1) is 0 Å². The fourth-order valence-corrected chi connectivity index (χ4v) is 1.93. The van der Waals surface area contributed by atoms with E-state index in [0.29, 0.717) is 12.5 Å². The topological polar surface area (TPSA) is 46.3 Å². The second-order valence-electron chi connectivity index (χ2n) is 4.94. The molecular formula is C15H24N2O. The summed E-state index contributed by atoms with van der Waals surface area (Å²) in [6.07, 6.45) is 1.90. The van der Waals surface area contributed by atoms with Gasteiger partial charge in [-0.05, 0) is 36.6 Å². The molecule has 0 radical (unpaired) electrons. The molecule has 1 unspecified atom stereocenters. The van der Waals surface area contributed by atoms with E-state index in [4.69, 9.17) is 5.73 Å². The molecule has 0 aliphatic rings. The van der Waals surface area contributed by atoms with Crippen LogP contribution in [0.2, 0.25) is 0 Å². The highest BCUT2D eigenvalue weighted by Crippen LogP contribution is 2.10.